The molecule has 0 bridgehead atoms. The van der Waals surface area contributed by atoms with Gasteiger partial charge < -0.3 is 5.73 Å². The van der Waals surface area contributed by atoms with Crippen LogP contribution in [0.4, 0.5) is 17.2 Å². The smallest absolute Gasteiger partial charge is 0.276 e. The molecule has 0 radical (unpaired) electrons. The van der Waals surface area contributed by atoms with Crippen molar-refractivity contribution in [2.24, 2.45) is 10.2 Å². The van der Waals surface area contributed by atoms with Crippen molar-refractivity contribution in [2.75, 3.05) is 5.73 Å². The Kier molecular flexibility index (Phi) is 2.78. The van der Waals surface area contributed by atoms with Crippen molar-refractivity contribution < 1.29 is 0 Å². The maximum Gasteiger partial charge on any atom is 0.276 e. The molecule has 0 amide bonds. The second-order valence-corrected chi connectivity index (χ2v) is 5.26. The molecular formula is C15H14N6O. The second-order valence-electron chi connectivity index (χ2n) is 5.26. The van der Waals surface area contributed by atoms with Gasteiger partial charge in [0.2, 0.25) is 0 Å². The van der Waals surface area contributed by atoms with E-state index in [1.54, 1.807) is 0 Å². The standard InChI is InChI=1S/C15H14N6O/c16-13-12(19-18-9-5-2-1-3-6-9)14-17-11-8-4-7-10(11)15(22)21(14)20-13/h1-3,5-6,20H,4,7-8,16H2. The first-order chi connectivity index (χ1) is 10.7. The number of hydrogen-bond donors (Lipinski definition) is 2. The molecule has 1 aliphatic carbocycles. The van der Waals surface area contributed by atoms with Crippen molar-refractivity contribution in [3.05, 3.63) is 51.9 Å². The lowest BCUT2D eigenvalue weighted by Gasteiger charge is -1.99. The number of nitrogens with zero attached hydrogens (tertiary/aromatic N) is 4. The van der Waals surface area contributed by atoms with Crippen LogP contribution in [0.1, 0.15) is 17.7 Å². The van der Waals surface area contributed by atoms with E-state index in [0.717, 1.165) is 30.5 Å². The highest BCUT2D eigenvalue weighted by atomic mass is 16.1. The van der Waals surface area contributed by atoms with Gasteiger partial charge in [-0.05, 0) is 31.4 Å². The number of H-pyrrole nitrogens is 1. The summed E-state index contributed by atoms with van der Waals surface area (Å²) in [7, 11) is 0. The quantitative estimate of drug-likeness (QED) is 0.710. The van der Waals surface area contributed by atoms with Crippen molar-refractivity contribution in [1.82, 2.24) is 14.6 Å². The van der Waals surface area contributed by atoms with Crippen LogP contribution >= 0.6 is 0 Å². The summed E-state index contributed by atoms with van der Waals surface area (Å²) in [5.41, 5.74) is 9.01. The van der Waals surface area contributed by atoms with Crippen molar-refractivity contribution >= 4 is 22.8 Å². The van der Waals surface area contributed by atoms with Gasteiger partial charge in [0.25, 0.3) is 5.56 Å². The van der Waals surface area contributed by atoms with Gasteiger partial charge in [-0.25, -0.2) is 4.98 Å². The molecule has 4 rings (SSSR count). The van der Waals surface area contributed by atoms with Crippen molar-refractivity contribution in [3.8, 4) is 0 Å². The number of fused-ring (bicyclic) bond motifs is 2. The Morgan fingerprint density at radius 2 is 2.00 bits per heavy atom. The molecule has 22 heavy (non-hydrogen) atoms. The topological polar surface area (TPSA) is 101 Å². The number of hydrogen-bond acceptors (Lipinski definition) is 5. The Hall–Kier alpha value is -2.96. The molecule has 3 aromatic rings. The summed E-state index contributed by atoms with van der Waals surface area (Å²) >= 11 is 0. The molecule has 7 nitrogen and oxygen atoms in total. The van der Waals surface area contributed by atoms with E-state index in [9.17, 15) is 4.79 Å². The minimum Gasteiger partial charge on any atom is -0.382 e. The fourth-order valence-electron chi connectivity index (χ4n) is 2.75. The highest BCUT2D eigenvalue weighted by Gasteiger charge is 2.21. The minimum absolute atomic E-state index is 0.0923. The maximum absolute atomic E-state index is 12.4. The average Bonchev–Trinajstić information content (AvgIpc) is 3.12. The van der Waals surface area contributed by atoms with E-state index >= 15 is 0 Å². The summed E-state index contributed by atoms with van der Waals surface area (Å²) in [5.74, 6) is 0.285. The molecule has 3 N–H and O–H groups in total. The number of aromatic amines is 1. The summed E-state index contributed by atoms with van der Waals surface area (Å²) in [6, 6.07) is 9.34. The van der Waals surface area contributed by atoms with Crippen LogP contribution in [0.2, 0.25) is 0 Å². The summed E-state index contributed by atoms with van der Waals surface area (Å²) in [5, 5.41) is 11.2. The van der Waals surface area contributed by atoms with Crippen molar-refractivity contribution in [2.45, 2.75) is 19.3 Å². The Morgan fingerprint density at radius 3 is 2.82 bits per heavy atom. The molecule has 1 aliphatic rings. The van der Waals surface area contributed by atoms with Gasteiger partial charge in [-0.2, -0.15) is 9.63 Å². The van der Waals surface area contributed by atoms with Crippen LogP contribution in [0.5, 0.6) is 0 Å². The number of nitrogens with one attached hydrogen (secondary N) is 1. The predicted octanol–water partition coefficient (Wildman–Crippen LogP) is 2.51. The highest BCUT2D eigenvalue weighted by Crippen LogP contribution is 2.29. The van der Waals surface area contributed by atoms with Gasteiger partial charge in [0.15, 0.2) is 11.3 Å². The fourth-order valence-corrected chi connectivity index (χ4v) is 2.75. The van der Waals surface area contributed by atoms with Crippen molar-refractivity contribution in [1.29, 1.82) is 0 Å². The monoisotopic (exact) mass is 294 g/mol. The van der Waals surface area contributed by atoms with E-state index in [0.29, 0.717) is 17.0 Å². The molecule has 2 heterocycles. The maximum atomic E-state index is 12.4. The largest absolute Gasteiger partial charge is 0.382 e. The van der Waals surface area contributed by atoms with E-state index in [1.165, 1.54) is 4.52 Å². The predicted molar refractivity (Wildman–Crippen MR) is 82.9 cm³/mol. The van der Waals surface area contributed by atoms with Crippen LogP contribution in [0.25, 0.3) is 5.65 Å². The Bertz CT molecular complexity index is 938. The number of azo groups is 1. The van der Waals surface area contributed by atoms with Crippen LogP contribution < -0.4 is 11.3 Å². The molecule has 1 aromatic carbocycles. The molecule has 0 atom stereocenters. The Morgan fingerprint density at radius 1 is 1.18 bits per heavy atom. The van der Waals surface area contributed by atoms with Gasteiger partial charge in [-0.15, -0.1) is 5.11 Å². The average molecular weight is 294 g/mol. The third-order valence-electron chi connectivity index (χ3n) is 3.82. The van der Waals surface area contributed by atoms with Gasteiger partial charge in [-0.3, -0.25) is 9.89 Å². The Labute approximate surface area is 125 Å². The van der Waals surface area contributed by atoms with Crippen molar-refractivity contribution in [3.63, 3.8) is 0 Å². The molecule has 0 saturated carbocycles. The third kappa shape index (κ3) is 1.90. The van der Waals surface area contributed by atoms with Gasteiger partial charge in [0, 0.05) is 5.56 Å². The molecule has 2 aromatic heterocycles. The van der Waals surface area contributed by atoms with Gasteiger partial charge in [-0.1, -0.05) is 18.2 Å². The molecule has 0 aliphatic heterocycles. The fraction of sp³-hybridized carbons (Fsp3) is 0.200. The molecule has 0 fully saturated rings. The first-order valence-electron chi connectivity index (χ1n) is 7.13. The number of aromatic nitrogens is 3. The molecule has 0 saturated heterocycles. The van der Waals surface area contributed by atoms with Crippen LogP contribution in [0, 0.1) is 0 Å². The molecule has 0 spiro atoms. The van der Waals surface area contributed by atoms with E-state index in [2.05, 4.69) is 20.3 Å². The van der Waals surface area contributed by atoms with Gasteiger partial charge >= 0.3 is 0 Å². The van der Waals surface area contributed by atoms with Crippen LogP contribution in [0.15, 0.2) is 45.4 Å². The number of rotatable bonds is 2. The van der Waals surface area contributed by atoms with E-state index in [4.69, 9.17) is 5.73 Å². The van der Waals surface area contributed by atoms with Crippen LogP contribution in [-0.2, 0) is 12.8 Å². The molecule has 110 valence electrons. The van der Waals surface area contributed by atoms with E-state index < -0.39 is 0 Å². The van der Waals surface area contributed by atoms with Crippen LogP contribution in [-0.4, -0.2) is 14.6 Å². The van der Waals surface area contributed by atoms with E-state index in [1.807, 2.05) is 30.3 Å². The summed E-state index contributed by atoms with van der Waals surface area (Å²) in [6.07, 6.45) is 2.55. The number of nitrogen functional groups attached to an aromatic ring is 1. The van der Waals surface area contributed by atoms with Crippen LogP contribution in [0.3, 0.4) is 0 Å². The van der Waals surface area contributed by atoms with Gasteiger partial charge in [0.1, 0.15) is 5.82 Å². The molecule has 7 heteroatoms. The molecule has 0 unspecified atom stereocenters. The van der Waals surface area contributed by atoms with E-state index in [-0.39, 0.29) is 11.4 Å². The lowest BCUT2D eigenvalue weighted by molar-refractivity contribution is 0.874. The second kappa shape index (κ2) is 4.80. The zero-order valence-corrected chi connectivity index (χ0v) is 11.8. The van der Waals surface area contributed by atoms with Gasteiger partial charge in [0.05, 0.1) is 11.4 Å². The zero-order chi connectivity index (χ0) is 15.1. The first-order valence-corrected chi connectivity index (χ1v) is 7.13. The SMILES string of the molecule is Nc1[nH]n2c(=O)c3c(nc2c1N=Nc1ccccc1)CCC3. The highest BCUT2D eigenvalue weighted by molar-refractivity contribution is 5.75. The zero-order valence-electron chi connectivity index (χ0n) is 11.8. The summed E-state index contributed by atoms with van der Waals surface area (Å²) < 4.78 is 1.36. The number of anilines is 1. The number of benzene rings is 1. The molecular weight excluding hydrogens is 280 g/mol. The lowest BCUT2D eigenvalue weighted by Crippen LogP contribution is -2.20. The number of aryl methyl sites for hydroxylation is 1. The third-order valence-corrected chi connectivity index (χ3v) is 3.82. The first kappa shape index (κ1) is 12.8. The summed E-state index contributed by atoms with van der Waals surface area (Å²) in [6.45, 7) is 0. The minimum atomic E-state index is -0.0923. The lowest BCUT2D eigenvalue weighted by atomic mass is 10.2. The number of nitrogens with two attached hydrogens (primary N) is 1. The summed E-state index contributed by atoms with van der Waals surface area (Å²) in [4.78, 5) is 17.0. The Balaban J connectivity index is 1.88. The normalized spacial score (nSPS) is 14.0.